The number of likely N-dealkylation sites (tertiary alicyclic amines) is 1. The Hall–Kier alpha value is -1.26. The third-order valence-corrected chi connectivity index (χ3v) is 2.89. The fourth-order valence-electron chi connectivity index (χ4n) is 1.88. The van der Waals surface area contributed by atoms with E-state index >= 15 is 0 Å². The van der Waals surface area contributed by atoms with Gasteiger partial charge in [-0.3, -0.25) is 0 Å². The lowest BCUT2D eigenvalue weighted by Gasteiger charge is -2.22. The van der Waals surface area contributed by atoms with Gasteiger partial charge in [0.25, 0.3) is 0 Å². The van der Waals surface area contributed by atoms with Crippen molar-refractivity contribution in [2.24, 2.45) is 0 Å². The van der Waals surface area contributed by atoms with Crippen molar-refractivity contribution >= 4 is 12.0 Å². The average molecular weight is 212 g/mol. The van der Waals surface area contributed by atoms with Crippen molar-refractivity contribution in [3.05, 3.63) is 0 Å². The Morgan fingerprint density at radius 1 is 1.33 bits per heavy atom. The predicted octanol–water partition coefficient (Wildman–Crippen LogP) is 0.496. The predicted molar refractivity (Wildman–Crippen MR) is 53.3 cm³/mol. The van der Waals surface area contributed by atoms with Crippen LogP contribution in [0.2, 0.25) is 0 Å². The van der Waals surface area contributed by atoms with E-state index in [0.717, 1.165) is 19.3 Å². The highest BCUT2D eigenvalue weighted by molar-refractivity contribution is 5.84. The summed E-state index contributed by atoms with van der Waals surface area (Å²) < 4.78 is 4.67. The van der Waals surface area contributed by atoms with Gasteiger partial charge in [-0.25, -0.2) is 9.59 Å². The van der Waals surface area contributed by atoms with Crippen LogP contribution in [0.4, 0.5) is 4.79 Å². The van der Waals surface area contributed by atoms with Crippen molar-refractivity contribution in [1.29, 1.82) is 0 Å². The van der Waals surface area contributed by atoms with Crippen molar-refractivity contribution in [2.45, 2.75) is 37.8 Å². The maximum atomic E-state index is 11.7. The number of nitrogens with one attached hydrogen (secondary N) is 1. The normalized spacial score (nSPS) is 25.1. The summed E-state index contributed by atoms with van der Waals surface area (Å²) in [6.07, 6.45) is 3.70. The summed E-state index contributed by atoms with van der Waals surface area (Å²) in [4.78, 5) is 24.7. The number of nitrogens with zero attached hydrogens (tertiary/aromatic N) is 1. The lowest BCUT2D eigenvalue weighted by atomic mass is 10.2. The van der Waals surface area contributed by atoms with Gasteiger partial charge in [-0.15, -0.1) is 0 Å². The highest BCUT2D eigenvalue weighted by Gasteiger charge is 2.36. The Kier molecular flexibility index (Phi) is 2.79. The molecule has 1 heterocycles. The van der Waals surface area contributed by atoms with Crippen LogP contribution in [0.3, 0.4) is 0 Å². The van der Waals surface area contributed by atoms with Crippen LogP contribution in [-0.2, 0) is 9.53 Å². The second-order valence-corrected chi connectivity index (χ2v) is 4.10. The van der Waals surface area contributed by atoms with Crippen LogP contribution in [0, 0.1) is 0 Å². The van der Waals surface area contributed by atoms with Gasteiger partial charge in [-0.1, -0.05) is 0 Å². The van der Waals surface area contributed by atoms with E-state index < -0.39 is 0 Å². The van der Waals surface area contributed by atoms with Crippen LogP contribution in [0.5, 0.6) is 0 Å². The molecule has 5 nitrogen and oxygen atoms in total. The molecule has 2 aliphatic rings. The molecule has 1 saturated carbocycles. The summed E-state index contributed by atoms with van der Waals surface area (Å²) in [7, 11) is 1.36. The third-order valence-electron chi connectivity index (χ3n) is 2.89. The standard InChI is InChI=1S/C10H16N2O3/c1-15-9(13)8-3-2-6-12(8)10(14)11-7-4-5-7/h7-8H,2-6H2,1H3,(H,11,14). The van der Waals surface area contributed by atoms with Gasteiger partial charge >= 0.3 is 12.0 Å². The van der Waals surface area contributed by atoms with E-state index in [4.69, 9.17) is 0 Å². The van der Waals surface area contributed by atoms with Gasteiger partial charge in [-0.05, 0) is 25.7 Å². The molecular formula is C10H16N2O3. The van der Waals surface area contributed by atoms with Crippen LogP contribution in [0.25, 0.3) is 0 Å². The molecule has 5 heteroatoms. The first-order valence-corrected chi connectivity index (χ1v) is 5.37. The molecule has 0 aromatic heterocycles. The molecule has 1 N–H and O–H groups in total. The van der Waals surface area contributed by atoms with Crippen molar-refractivity contribution in [2.75, 3.05) is 13.7 Å². The summed E-state index contributed by atoms with van der Waals surface area (Å²) in [6.45, 7) is 0.651. The van der Waals surface area contributed by atoms with E-state index in [1.165, 1.54) is 7.11 Å². The smallest absolute Gasteiger partial charge is 0.328 e. The molecule has 0 bridgehead atoms. The number of urea groups is 1. The molecular weight excluding hydrogens is 196 g/mol. The first kappa shape index (κ1) is 10.3. The fourth-order valence-corrected chi connectivity index (χ4v) is 1.88. The Bertz CT molecular complexity index is 276. The molecule has 1 aliphatic carbocycles. The second kappa shape index (κ2) is 4.08. The van der Waals surface area contributed by atoms with Gasteiger partial charge < -0.3 is 15.0 Å². The van der Waals surface area contributed by atoms with E-state index in [1.54, 1.807) is 4.90 Å². The molecule has 0 aromatic rings. The number of rotatable bonds is 2. The van der Waals surface area contributed by atoms with Crippen LogP contribution in [0.15, 0.2) is 0 Å². The van der Waals surface area contributed by atoms with Gasteiger partial charge in [0.2, 0.25) is 0 Å². The van der Waals surface area contributed by atoms with Crippen LogP contribution in [0.1, 0.15) is 25.7 Å². The summed E-state index contributed by atoms with van der Waals surface area (Å²) in [5, 5.41) is 2.88. The summed E-state index contributed by atoms with van der Waals surface area (Å²) in [5.41, 5.74) is 0. The Morgan fingerprint density at radius 3 is 2.67 bits per heavy atom. The topological polar surface area (TPSA) is 58.6 Å². The minimum absolute atomic E-state index is 0.120. The van der Waals surface area contributed by atoms with E-state index in [9.17, 15) is 9.59 Å². The Balaban J connectivity index is 1.93. The van der Waals surface area contributed by atoms with Gasteiger partial charge in [0.15, 0.2) is 0 Å². The zero-order valence-corrected chi connectivity index (χ0v) is 8.86. The number of hydrogen-bond acceptors (Lipinski definition) is 3. The van der Waals surface area contributed by atoms with Crippen LogP contribution in [-0.4, -0.2) is 42.6 Å². The summed E-state index contributed by atoms with van der Waals surface area (Å²) in [5.74, 6) is -0.307. The average Bonchev–Trinajstić information content (AvgIpc) is 2.90. The number of methoxy groups -OCH3 is 1. The molecule has 1 unspecified atom stereocenters. The number of carbonyl (C=O) groups excluding carboxylic acids is 2. The molecule has 1 aliphatic heterocycles. The molecule has 84 valence electrons. The third kappa shape index (κ3) is 2.22. The second-order valence-electron chi connectivity index (χ2n) is 4.10. The SMILES string of the molecule is COC(=O)C1CCCN1C(=O)NC1CC1. The minimum atomic E-state index is -0.381. The number of amides is 2. The molecule has 15 heavy (non-hydrogen) atoms. The molecule has 2 fully saturated rings. The highest BCUT2D eigenvalue weighted by atomic mass is 16.5. The van der Waals surface area contributed by atoms with E-state index in [1.807, 2.05) is 0 Å². The van der Waals surface area contributed by atoms with Crippen LogP contribution >= 0.6 is 0 Å². The zero-order chi connectivity index (χ0) is 10.8. The minimum Gasteiger partial charge on any atom is -0.467 e. The van der Waals surface area contributed by atoms with Crippen LogP contribution < -0.4 is 5.32 Å². The summed E-state index contributed by atoms with van der Waals surface area (Å²) >= 11 is 0. The first-order chi connectivity index (χ1) is 7.22. The van der Waals surface area contributed by atoms with Gasteiger partial charge in [-0.2, -0.15) is 0 Å². The largest absolute Gasteiger partial charge is 0.467 e. The van der Waals surface area contributed by atoms with Gasteiger partial charge in [0.05, 0.1) is 7.11 Å². The number of esters is 1. The van der Waals surface area contributed by atoms with Crippen molar-refractivity contribution in [3.8, 4) is 0 Å². The van der Waals surface area contributed by atoms with Gasteiger partial charge in [0.1, 0.15) is 6.04 Å². The van der Waals surface area contributed by atoms with E-state index in [2.05, 4.69) is 10.1 Å². The number of carbonyl (C=O) groups is 2. The molecule has 0 radical (unpaired) electrons. The summed E-state index contributed by atoms with van der Waals surface area (Å²) in [6, 6.07) is -0.171. The van der Waals surface area contributed by atoms with E-state index in [-0.39, 0.29) is 18.0 Å². The first-order valence-electron chi connectivity index (χ1n) is 5.37. The molecule has 2 rings (SSSR count). The monoisotopic (exact) mass is 212 g/mol. The lowest BCUT2D eigenvalue weighted by molar-refractivity contribution is -0.144. The van der Waals surface area contributed by atoms with Crippen molar-refractivity contribution in [3.63, 3.8) is 0 Å². The molecule has 1 atom stereocenters. The maximum Gasteiger partial charge on any atom is 0.328 e. The fraction of sp³-hybridized carbons (Fsp3) is 0.800. The molecule has 0 aromatic carbocycles. The van der Waals surface area contributed by atoms with Crippen molar-refractivity contribution in [1.82, 2.24) is 10.2 Å². The molecule has 2 amide bonds. The Morgan fingerprint density at radius 2 is 2.07 bits per heavy atom. The number of hydrogen-bond donors (Lipinski definition) is 1. The molecule has 1 saturated heterocycles. The number of ether oxygens (including phenoxy) is 1. The molecule has 0 spiro atoms. The highest BCUT2D eigenvalue weighted by Crippen LogP contribution is 2.22. The Labute approximate surface area is 88.8 Å². The lowest BCUT2D eigenvalue weighted by Crippen LogP contribution is -2.47. The van der Waals surface area contributed by atoms with E-state index in [0.29, 0.717) is 19.0 Å². The quantitative estimate of drug-likeness (QED) is 0.678. The van der Waals surface area contributed by atoms with Gasteiger partial charge in [0, 0.05) is 12.6 Å². The maximum absolute atomic E-state index is 11.7. The van der Waals surface area contributed by atoms with Crippen molar-refractivity contribution < 1.29 is 14.3 Å². The zero-order valence-electron chi connectivity index (χ0n) is 8.86.